The van der Waals surface area contributed by atoms with Crippen LogP contribution in [0.25, 0.3) is 0 Å². The van der Waals surface area contributed by atoms with Gasteiger partial charge in [-0.25, -0.2) is 0 Å². The van der Waals surface area contributed by atoms with Crippen molar-refractivity contribution < 1.29 is 9.59 Å². The van der Waals surface area contributed by atoms with Gasteiger partial charge in [-0.05, 0) is 43.2 Å². The molecule has 1 fully saturated rings. The van der Waals surface area contributed by atoms with Crippen molar-refractivity contribution in [2.45, 2.75) is 55.8 Å². The Morgan fingerprint density at radius 2 is 1.71 bits per heavy atom. The van der Waals surface area contributed by atoms with Gasteiger partial charge in [0, 0.05) is 24.6 Å². The van der Waals surface area contributed by atoms with Gasteiger partial charge in [-0.15, -0.1) is 10.2 Å². The van der Waals surface area contributed by atoms with Gasteiger partial charge in [0.25, 0.3) is 5.91 Å². The normalized spacial score (nSPS) is 14.6. The fourth-order valence-corrected chi connectivity index (χ4v) is 5.03. The van der Waals surface area contributed by atoms with Crippen LogP contribution in [0.3, 0.4) is 0 Å². The van der Waals surface area contributed by atoms with E-state index in [0.717, 1.165) is 29.4 Å². The number of thioether (sulfide) groups is 1. The molecule has 1 saturated carbocycles. The predicted molar refractivity (Wildman–Crippen MR) is 134 cm³/mol. The molecular weight excluding hydrogens is 446 g/mol. The molecule has 2 amide bonds. The van der Waals surface area contributed by atoms with Crippen LogP contribution < -0.4 is 10.6 Å². The van der Waals surface area contributed by atoms with Gasteiger partial charge < -0.3 is 15.2 Å². The van der Waals surface area contributed by atoms with E-state index in [2.05, 4.69) is 25.4 Å². The molecule has 8 heteroatoms. The molecule has 1 aliphatic carbocycles. The molecule has 34 heavy (non-hydrogen) atoms. The minimum atomic E-state index is -0.765. The Balaban J connectivity index is 1.37. The molecule has 0 bridgehead atoms. The standard InChI is InChI=1S/C26H31N5O2S/c1-34-26-30-29-22(31(26)21-15-8-9-16-21)17-10-18-27-25(33)23(19-11-4-2-5-12-19)28-24(32)20-13-6-3-7-14-20/h2-7,11-14,21,23H,8-10,15-18H2,1H3,(H,27,33)(H,28,32). The van der Waals surface area contributed by atoms with Crippen LogP contribution in [-0.2, 0) is 11.2 Å². The first kappa shape index (κ1) is 24.0. The summed E-state index contributed by atoms with van der Waals surface area (Å²) in [5.74, 6) is 0.485. The second-order valence-electron chi connectivity index (χ2n) is 8.49. The highest BCUT2D eigenvalue weighted by Gasteiger charge is 2.25. The number of aromatic nitrogens is 3. The van der Waals surface area contributed by atoms with E-state index in [1.54, 1.807) is 36.0 Å². The van der Waals surface area contributed by atoms with E-state index in [4.69, 9.17) is 0 Å². The van der Waals surface area contributed by atoms with Crippen molar-refractivity contribution in [3.05, 3.63) is 77.6 Å². The van der Waals surface area contributed by atoms with Gasteiger partial charge in [-0.1, -0.05) is 73.1 Å². The summed E-state index contributed by atoms with van der Waals surface area (Å²) in [5, 5.41) is 15.6. The molecule has 2 aromatic carbocycles. The van der Waals surface area contributed by atoms with Gasteiger partial charge in [0.05, 0.1) is 0 Å². The lowest BCUT2D eigenvalue weighted by Crippen LogP contribution is -2.40. The molecule has 7 nitrogen and oxygen atoms in total. The Morgan fingerprint density at radius 3 is 2.38 bits per heavy atom. The maximum Gasteiger partial charge on any atom is 0.252 e. The van der Waals surface area contributed by atoms with Crippen molar-refractivity contribution >= 4 is 23.6 Å². The summed E-state index contributed by atoms with van der Waals surface area (Å²) in [5.41, 5.74) is 1.27. The lowest BCUT2D eigenvalue weighted by molar-refractivity contribution is -0.123. The first-order chi connectivity index (χ1) is 16.7. The topological polar surface area (TPSA) is 88.9 Å². The fourth-order valence-electron chi connectivity index (χ4n) is 4.46. The predicted octanol–water partition coefficient (Wildman–Crippen LogP) is 4.34. The molecule has 2 N–H and O–H groups in total. The Bertz CT molecular complexity index is 1080. The van der Waals surface area contributed by atoms with E-state index in [-0.39, 0.29) is 11.8 Å². The maximum absolute atomic E-state index is 13.1. The zero-order valence-electron chi connectivity index (χ0n) is 19.4. The molecule has 4 rings (SSSR count). The molecule has 1 unspecified atom stereocenters. The van der Waals surface area contributed by atoms with E-state index in [0.29, 0.717) is 18.2 Å². The Labute approximate surface area is 204 Å². The lowest BCUT2D eigenvalue weighted by atomic mass is 10.1. The van der Waals surface area contributed by atoms with E-state index >= 15 is 0 Å². The zero-order chi connectivity index (χ0) is 23.8. The van der Waals surface area contributed by atoms with Crippen LogP contribution >= 0.6 is 11.8 Å². The van der Waals surface area contributed by atoms with Crippen LogP contribution in [0.2, 0.25) is 0 Å². The second kappa shape index (κ2) is 11.8. The largest absolute Gasteiger partial charge is 0.354 e. The molecule has 0 saturated heterocycles. The first-order valence-corrected chi connectivity index (χ1v) is 13.1. The van der Waals surface area contributed by atoms with E-state index in [1.807, 2.05) is 42.7 Å². The minimum Gasteiger partial charge on any atom is -0.354 e. The van der Waals surface area contributed by atoms with Crippen molar-refractivity contribution in [3.63, 3.8) is 0 Å². The molecule has 0 aliphatic heterocycles. The SMILES string of the molecule is CSc1nnc(CCCNC(=O)C(NC(=O)c2ccccc2)c2ccccc2)n1C1CCCC1. The molecule has 1 aromatic heterocycles. The highest BCUT2D eigenvalue weighted by Crippen LogP contribution is 2.33. The number of hydrogen-bond acceptors (Lipinski definition) is 5. The van der Waals surface area contributed by atoms with Gasteiger partial charge in [-0.2, -0.15) is 0 Å². The van der Waals surface area contributed by atoms with E-state index in [1.165, 1.54) is 25.7 Å². The number of nitrogens with zero attached hydrogens (tertiary/aromatic N) is 3. The summed E-state index contributed by atoms with van der Waals surface area (Å²) >= 11 is 1.63. The molecular formula is C26H31N5O2S. The zero-order valence-corrected chi connectivity index (χ0v) is 20.3. The smallest absolute Gasteiger partial charge is 0.252 e. The van der Waals surface area contributed by atoms with E-state index < -0.39 is 6.04 Å². The minimum absolute atomic E-state index is 0.224. The van der Waals surface area contributed by atoms with Crippen molar-refractivity contribution in [1.82, 2.24) is 25.4 Å². The fraction of sp³-hybridized carbons (Fsp3) is 0.385. The van der Waals surface area contributed by atoms with Crippen LogP contribution in [0.1, 0.15) is 65.9 Å². The molecule has 1 atom stereocenters. The van der Waals surface area contributed by atoms with Crippen molar-refractivity contribution in [3.8, 4) is 0 Å². The monoisotopic (exact) mass is 477 g/mol. The molecule has 0 spiro atoms. The number of hydrogen-bond donors (Lipinski definition) is 2. The first-order valence-electron chi connectivity index (χ1n) is 11.8. The molecule has 0 radical (unpaired) electrons. The number of rotatable bonds is 10. The van der Waals surface area contributed by atoms with Crippen molar-refractivity contribution in [2.75, 3.05) is 12.8 Å². The molecule has 1 heterocycles. The Kier molecular flexibility index (Phi) is 8.36. The average molecular weight is 478 g/mol. The van der Waals surface area contributed by atoms with Gasteiger partial charge in [-0.3, -0.25) is 9.59 Å². The Morgan fingerprint density at radius 1 is 1.03 bits per heavy atom. The molecule has 3 aromatic rings. The quantitative estimate of drug-likeness (QED) is 0.335. The summed E-state index contributed by atoms with van der Waals surface area (Å²) in [6.07, 6.45) is 8.39. The summed E-state index contributed by atoms with van der Waals surface area (Å²) < 4.78 is 2.30. The van der Waals surface area contributed by atoms with Crippen LogP contribution in [0, 0.1) is 0 Å². The van der Waals surface area contributed by atoms with Gasteiger partial charge >= 0.3 is 0 Å². The average Bonchev–Trinajstić information content (AvgIpc) is 3.55. The van der Waals surface area contributed by atoms with Crippen LogP contribution in [0.15, 0.2) is 65.8 Å². The number of aryl methyl sites for hydroxylation is 1. The Hall–Kier alpha value is -3.13. The van der Waals surface area contributed by atoms with Gasteiger partial charge in [0.1, 0.15) is 11.9 Å². The van der Waals surface area contributed by atoms with Crippen molar-refractivity contribution in [2.24, 2.45) is 0 Å². The molecule has 1 aliphatic rings. The van der Waals surface area contributed by atoms with Crippen LogP contribution in [0.5, 0.6) is 0 Å². The number of carbonyl (C=O) groups excluding carboxylic acids is 2. The summed E-state index contributed by atoms with van der Waals surface area (Å²) in [7, 11) is 0. The summed E-state index contributed by atoms with van der Waals surface area (Å²) in [6.45, 7) is 0.496. The number of nitrogens with one attached hydrogen (secondary N) is 2. The number of benzene rings is 2. The lowest BCUT2D eigenvalue weighted by Gasteiger charge is -2.19. The summed E-state index contributed by atoms with van der Waals surface area (Å²) in [4.78, 5) is 25.8. The highest BCUT2D eigenvalue weighted by molar-refractivity contribution is 7.98. The van der Waals surface area contributed by atoms with Gasteiger partial charge in [0.2, 0.25) is 5.91 Å². The maximum atomic E-state index is 13.1. The highest BCUT2D eigenvalue weighted by atomic mass is 32.2. The van der Waals surface area contributed by atoms with Crippen molar-refractivity contribution in [1.29, 1.82) is 0 Å². The van der Waals surface area contributed by atoms with E-state index in [9.17, 15) is 9.59 Å². The van der Waals surface area contributed by atoms with Gasteiger partial charge in [0.15, 0.2) is 5.16 Å². The second-order valence-corrected chi connectivity index (χ2v) is 9.26. The third kappa shape index (κ3) is 5.86. The number of amides is 2. The third-order valence-electron chi connectivity index (χ3n) is 6.19. The summed E-state index contributed by atoms with van der Waals surface area (Å²) in [6, 6.07) is 18.0. The third-order valence-corrected chi connectivity index (χ3v) is 6.83. The van der Waals surface area contributed by atoms with Crippen LogP contribution in [-0.4, -0.2) is 39.4 Å². The molecule has 178 valence electrons. The van der Waals surface area contributed by atoms with Crippen LogP contribution in [0.4, 0.5) is 0 Å². The number of carbonyl (C=O) groups is 2.